The maximum atomic E-state index is 13.9. The number of aryl methyl sites for hydroxylation is 3. The van der Waals surface area contributed by atoms with E-state index in [4.69, 9.17) is 33.9 Å². The molecule has 0 radical (unpaired) electrons. The first-order valence-corrected chi connectivity index (χ1v) is 45.9. The van der Waals surface area contributed by atoms with E-state index in [9.17, 15) is 39.1 Å². The van der Waals surface area contributed by atoms with Crippen LogP contribution >= 0.6 is 0 Å². The molecule has 9 rings (SSSR count). The van der Waals surface area contributed by atoms with Crippen LogP contribution < -0.4 is 0 Å². The maximum absolute atomic E-state index is 13.9. The average molecular weight is 1490 g/mol. The van der Waals surface area contributed by atoms with Crippen molar-refractivity contribution in [2.75, 3.05) is 59.5 Å². The van der Waals surface area contributed by atoms with Gasteiger partial charge in [-0.25, -0.2) is 34.6 Å². The molecule has 6 heterocycles. The summed E-state index contributed by atoms with van der Waals surface area (Å²) in [6.07, 6.45) is 2.91. The van der Waals surface area contributed by atoms with E-state index >= 15 is 0 Å². The molecule has 0 bridgehead atoms. The van der Waals surface area contributed by atoms with Crippen LogP contribution in [0.4, 0.5) is 8.78 Å². The van der Waals surface area contributed by atoms with Crippen LogP contribution in [0.5, 0.6) is 0 Å². The molecule has 0 spiro atoms. The Kier molecular flexibility index (Phi) is 30.3. The molecule has 6 unspecified atom stereocenters. The largest absolute Gasteiger partial charge is 0.395 e. The van der Waals surface area contributed by atoms with Crippen LogP contribution in [-0.4, -0.2) is 152 Å². The third-order valence-corrected chi connectivity index (χ3v) is 30.6. The number of halogens is 2. The Bertz CT molecular complexity index is 3760. The van der Waals surface area contributed by atoms with Gasteiger partial charge in [-0.15, -0.1) is 0 Å². The van der Waals surface area contributed by atoms with Gasteiger partial charge in [0.25, 0.3) is 0 Å². The lowest BCUT2D eigenvalue weighted by atomic mass is 9.87. The normalized spacial score (nSPS) is 22.5. The van der Waals surface area contributed by atoms with E-state index in [-0.39, 0.29) is 54.9 Å². The third-order valence-electron chi connectivity index (χ3n) is 19.5. The van der Waals surface area contributed by atoms with Crippen LogP contribution in [0.15, 0.2) is 116 Å². The summed E-state index contributed by atoms with van der Waals surface area (Å²) < 4.78 is 139. The van der Waals surface area contributed by atoms with Crippen LogP contribution in [0, 0.1) is 26.2 Å². The Morgan fingerprint density at radius 3 is 1.21 bits per heavy atom. The Hall–Kier alpha value is -4.61. The number of ether oxygens (including phenoxy) is 5. The lowest BCUT2D eigenvalue weighted by Crippen LogP contribution is -2.45. The Balaban J connectivity index is 0.000000316. The minimum Gasteiger partial charge on any atom is -0.395 e. The minimum atomic E-state index is -3.59. The van der Waals surface area contributed by atoms with E-state index in [1.54, 1.807) is 70.9 Å². The number of alkyl halides is 2. The number of aliphatic imine (C=N–C) groups is 1. The molecule has 17 nitrogen and oxygen atoms in total. The van der Waals surface area contributed by atoms with Crippen molar-refractivity contribution in [2.45, 2.75) is 267 Å². The highest BCUT2D eigenvalue weighted by molar-refractivity contribution is 7.93. The third kappa shape index (κ3) is 21.1. The predicted molar refractivity (Wildman–Crippen MR) is 407 cm³/mol. The lowest BCUT2D eigenvalue weighted by Gasteiger charge is -2.38. The summed E-state index contributed by atoms with van der Waals surface area (Å²) in [4.78, 5) is 5.52. The highest BCUT2D eigenvalue weighted by Crippen LogP contribution is 2.45. The SMILES string of the molecule is C.C.C.Cc1cccc(S(=O)(=O)C2(C)CCOC(C3=CC(C(C)(C)CF)=NC3)C2)c1.Cc1cccc(S(=O)(=O)C2(C)CCOC(c3cc(C(C)(C)CF)n(COCC[Si](C)(C)C)n3)C2)c1.Cc1cccc(S(=O)(=O)C2(C)CCOC(c3cc(C(C)(C)CO)n(COCC[Si](C)(C)C)n3)C2)c1. The van der Waals surface area contributed by atoms with E-state index < -0.39 is 102 Å². The van der Waals surface area contributed by atoms with Crippen molar-refractivity contribution >= 4 is 51.4 Å². The van der Waals surface area contributed by atoms with Crippen molar-refractivity contribution in [1.82, 2.24) is 19.6 Å². The monoisotopic (exact) mass is 1490 g/mol. The molecule has 2 aromatic heterocycles. The van der Waals surface area contributed by atoms with Crippen molar-refractivity contribution < 1.29 is 62.8 Å². The summed E-state index contributed by atoms with van der Waals surface area (Å²) in [5.41, 5.74) is 5.38. The van der Waals surface area contributed by atoms with E-state index in [0.717, 1.165) is 51.5 Å². The molecular weight excluding hydrogens is 1370 g/mol. The van der Waals surface area contributed by atoms with Gasteiger partial charge >= 0.3 is 0 Å². The topological polar surface area (TPSA) is 217 Å². The molecule has 3 fully saturated rings. The van der Waals surface area contributed by atoms with Gasteiger partial charge in [0.2, 0.25) is 0 Å². The Labute approximate surface area is 602 Å². The fourth-order valence-electron chi connectivity index (χ4n) is 12.3. The molecule has 0 amide bonds. The highest BCUT2D eigenvalue weighted by Gasteiger charge is 2.49. The van der Waals surface area contributed by atoms with Gasteiger partial charge in [-0.05, 0) is 169 Å². The van der Waals surface area contributed by atoms with Crippen molar-refractivity contribution in [1.29, 1.82) is 0 Å². The number of aromatic nitrogens is 4. The van der Waals surface area contributed by atoms with Crippen molar-refractivity contribution in [2.24, 2.45) is 10.4 Å². The van der Waals surface area contributed by atoms with Gasteiger partial charge in [-0.2, -0.15) is 10.2 Å². The molecule has 4 aliphatic rings. The van der Waals surface area contributed by atoms with Crippen molar-refractivity contribution in [3.63, 3.8) is 0 Å². The highest BCUT2D eigenvalue weighted by atomic mass is 32.2. The summed E-state index contributed by atoms with van der Waals surface area (Å²) in [6, 6.07) is 27.1. The molecule has 0 saturated carbocycles. The van der Waals surface area contributed by atoms with Gasteiger partial charge in [0.05, 0.1) is 59.6 Å². The molecule has 24 heteroatoms. The molecule has 100 heavy (non-hydrogen) atoms. The number of aliphatic hydroxyl groups excluding tert-OH is 1. The number of nitrogens with zero attached hydrogens (tertiary/aromatic N) is 5. The molecule has 4 aliphatic heterocycles. The Morgan fingerprint density at radius 2 is 0.880 bits per heavy atom. The summed E-state index contributed by atoms with van der Waals surface area (Å²) in [7, 11) is -13.1. The van der Waals surface area contributed by atoms with E-state index in [2.05, 4.69) is 44.3 Å². The molecule has 3 aromatic carbocycles. The van der Waals surface area contributed by atoms with Gasteiger partial charge in [-0.1, -0.05) is 140 Å². The molecule has 0 aliphatic carbocycles. The van der Waals surface area contributed by atoms with Gasteiger partial charge < -0.3 is 28.8 Å². The molecule has 3 saturated heterocycles. The summed E-state index contributed by atoms with van der Waals surface area (Å²) in [6.45, 7) is 38.4. The first kappa shape index (κ1) is 87.8. The molecule has 1 N–H and O–H groups in total. The zero-order valence-corrected chi connectivity index (χ0v) is 65.4. The van der Waals surface area contributed by atoms with Gasteiger partial charge in [0, 0.05) is 82.5 Å². The second-order valence-electron chi connectivity index (χ2n) is 32.4. The summed E-state index contributed by atoms with van der Waals surface area (Å²) in [5.74, 6) is 0. The second kappa shape index (κ2) is 34.5. The Morgan fingerprint density at radius 1 is 0.540 bits per heavy atom. The fraction of sp³-hybridized carbons (Fsp3) is 0.645. The summed E-state index contributed by atoms with van der Waals surface area (Å²) >= 11 is 0. The van der Waals surface area contributed by atoms with Crippen LogP contribution in [0.1, 0.15) is 175 Å². The number of benzene rings is 3. The number of allylic oxidation sites excluding steroid dienone is 1. The minimum absolute atomic E-state index is 0. The fourth-order valence-corrected chi connectivity index (χ4v) is 19.4. The zero-order valence-electron chi connectivity index (χ0n) is 61.0. The number of hydrogen-bond acceptors (Lipinski definition) is 15. The molecular formula is C76H123F2N5O12S3Si2. The predicted octanol–water partition coefficient (Wildman–Crippen LogP) is 16.7. The maximum Gasteiger partial charge on any atom is 0.184 e. The number of hydrogen-bond donors (Lipinski definition) is 1. The first-order chi connectivity index (χ1) is 45.0. The van der Waals surface area contributed by atoms with Crippen LogP contribution in [-0.2, 0) is 77.5 Å². The lowest BCUT2D eigenvalue weighted by molar-refractivity contribution is -0.00350. The van der Waals surface area contributed by atoms with Crippen LogP contribution in [0.2, 0.25) is 51.4 Å². The van der Waals surface area contributed by atoms with Crippen LogP contribution in [0.3, 0.4) is 0 Å². The average Bonchev–Trinajstić information content (AvgIpc) is 1.33. The first-order valence-electron chi connectivity index (χ1n) is 34.0. The second-order valence-corrected chi connectivity index (χ2v) is 51.0. The van der Waals surface area contributed by atoms with E-state index in [1.165, 1.54) is 0 Å². The molecule has 6 atom stereocenters. The van der Waals surface area contributed by atoms with E-state index in [1.807, 2.05) is 113 Å². The van der Waals surface area contributed by atoms with Crippen LogP contribution in [0.25, 0.3) is 0 Å². The van der Waals surface area contributed by atoms with Gasteiger partial charge in [0.1, 0.15) is 39.0 Å². The quantitative estimate of drug-likeness (QED) is 0.0425. The standard InChI is InChI=1S/C26H41FN2O4SSi.C26H42N2O5SSi.C21H28FNO3S.3CH4/c1-20-9-8-10-21(15-20)34(30,31)26(4)11-12-33-23(17-26)22-16-24(25(2,3)18-27)29(28-22)19-32-13-14-35(5,6)7;1-20-9-8-10-21(15-20)34(30,31)26(4)11-12-33-23(17-26)22-16-24(25(2,3)18-29)28(27-22)19-32-13-14-35(5,6)7;1-15-6-5-7-17(10-15)27(24,25)21(4)8-9-26-18(12-21)16-11-19(23-13-16)20(2,3)14-22;;;/h8-10,15-16,23H,11-14,17-19H2,1-7H3;8-10,15-16,23,29H,11-14,17-19H2,1-7H3;5-7,10-11,18H,8-9,12-14H2,1-4H3;3*1H4. The van der Waals surface area contributed by atoms with Gasteiger partial charge in [-0.3, -0.25) is 13.8 Å². The van der Waals surface area contributed by atoms with Crippen molar-refractivity contribution in [3.8, 4) is 0 Å². The smallest absolute Gasteiger partial charge is 0.184 e. The molecule has 564 valence electrons. The zero-order chi connectivity index (χ0) is 72.0. The molecule has 5 aromatic rings. The number of sulfone groups is 3. The number of rotatable bonds is 25. The summed E-state index contributed by atoms with van der Waals surface area (Å²) in [5, 5.41) is 19.5. The number of aliphatic hydroxyl groups is 1. The van der Waals surface area contributed by atoms with Gasteiger partial charge in [0.15, 0.2) is 29.5 Å². The van der Waals surface area contributed by atoms with E-state index in [0.29, 0.717) is 97.8 Å². The van der Waals surface area contributed by atoms with Crippen molar-refractivity contribution in [3.05, 3.63) is 136 Å².